The van der Waals surface area contributed by atoms with Crippen molar-refractivity contribution in [1.29, 1.82) is 0 Å². The first kappa shape index (κ1) is 18.3. The molecular weight excluding hydrogens is 320 g/mol. The number of hydrogen-bond acceptors (Lipinski definition) is 4. The quantitative estimate of drug-likeness (QED) is 0.811. The van der Waals surface area contributed by atoms with Crippen LogP contribution in [0.25, 0.3) is 0 Å². The van der Waals surface area contributed by atoms with Gasteiger partial charge in [-0.3, -0.25) is 9.59 Å². The van der Waals surface area contributed by atoms with Crippen molar-refractivity contribution in [3.63, 3.8) is 0 Å². The van der Waals surface area contributed by atoms with Crippen LogP contribution >= 0.6 is 0 Å². The molecule has 2 amide bonds. The van der Waals surface area contributed by atoms with Crippen LogP contribution in [0.3, 0.4) is 0 Å². The third-order valence-electron chi connectivity index (χ3n) is 3.44. The van der Waals surface area contributed by atoms with Crippen molar-refractivity contribution in [3.8, 4) is 11.5 Å². The number of ether oxygens (including phenoxy) is 2. The Morgan fingerprint density at radius 1 is 0.840 bits per heavy atom. The van der Waals surface area contributed by atoms with E-state index < -0.39 is 0 Å². The Hall–Kier alpha value is -3.02. The number of carbonyl (C=O) groups is 2. The fourth-order valence-corrected chi connectivity index (χ4v) is 2.24. The predicted octanol–water partition coefficient (Wildman–Crippen LogP) is 3.10. The van der Waals surface area contributed by atoms with E-state index in [2.05, 4.69) is 10.6 Å². The van der Waals surface area contributed by atoms with Crippen molar-refractivity contribution >= 4 is 17.5 Å². The molecule has 132 valence electrons. The Morgan fingerprint density at radius 3 is 2.04 bits per heavy atom. The van der Waals surface area contributed by atoms with E-state index in [9.17, 15) is 9.59 Å². The van der Waals surface area contributed by atoms with Gasteiger partial charge in [0.1, 0.15) is 0 Å². The summed E-state index contributed by atoms with van der Waals surface area (Å²) >= 11 is 0. The molecule has 2 aromatic rings. The SMILES string of the molecule is CCOc1ccc(C(=O)Nc2ccc(C(=O)NC)cc2)cc1OCC. The van der Waals surface area contributed by atoms with Crippen molar-refractivity contribution < 1.29 is 19.1 Å². The van der Waals surface area contributed by atoms with Gasteiger partial charge in [0.15, 0.2) is 11.5 Å². The fraction of sp³-hybridized carbons (Fsp3) is 0.263. The largest absolute Gasteiger partial charge is 0.490 e. The minimum absolute atomic E-state index is 0.175. The van der Waals surface area contributed by atoms with Crippen LogP contribution in [-0.2, 0) is 0 Å². The Kier molecular flexibility index (Phi) is 6.39. The van der Waals surface area contributed by atoms with Gasteiger partial charge >= 0.3 is 0 Å². The van der Waals surface area contributed by atoms with Gasteiger partial charge < -0.3 is 20.1 Å². The van der Waals surface area contributed by atoms with Crippen molar-refractivity contribution in [2.24, 2.45) is 0 Å². The van der Waals surface area contributed by atoms with Crippen LogP contribution in [0.4, 0.5) is 5.69 Å². The van der Waals surface area contributed by atoms with E-state index in [1.54, 1.807) is 49.5 Å². The molecule has 0 bridgehead atoms. The molecule has 6 heteroatoms. The highest BCUT2D eigenvalue weighted by Crippen LogP contribution is 2.28. The van der Waals surface area contributed by atoms with E-state index in [0.29, 0.717) is 41.5 Å². The molecule has 0 saturated heterocycles. The third kappa shape index (κ3) is 4.73. The first-order valence-corrected chi connectivity index (χ1v) is 8.12. The minimum Gasteiger partial charge on any atom is -0.490 e. The molecule has 0 aromatic heterocycles. The highest BCUT2D eigenvalue weighted by molar-refractivity contribution is 6.05. The summed E-state index contributed by atoms with van der Waals surface area (Å²) in [5.74, 6) is 0.699. The maximum absolute atomic E-state index is 12.4. The summed E-state index contributed by atoms with van der Waals surface area (Å²) in [6, 6.07) is 11.7. The Labute approximate surface area is 147 Å². The molecule has 2 aromatic carbocycles. The maximum atomic E-state index is 12.4. The molecular formula is C19H22N2O4. The molecule has 2 rings (SSSR count). The molecule has 25 heavy (non-hydrogen) atoms. The molecule has 0 spiro atoms. The van der Waals surface area contributed by atoms with Gasteiger partial charge in [-0.05, 0) is 56.3 Å². The lowest BCUT2D eigenvalue weighted by Gasteiger charge is -2.12. The van der Waals surface area contributed by atoms with E-state index in [0.717, 1.165) is 0 Å². The van der Waals surface area contributed by atoms with Gasteiger partial charge in [-0.15, -0.1) is 0 Å². The van der Waals surface area contributed by atoms with Gasteiger partial charge in [0.2, 0.25) is 0 Å². The lowest BCUT2D eigenvalue weighted by Crippen LogP contribution is -2.18. The van der Waals surface area contributed by atoms with Crippen molar-refractivity contribution in [1.82, 2.24) is 5.32 Å². The van der Waals surface area contributed by atoms with Crippen molar-refractivity contribution in [2.45, 2.75) is 13.8 Å². The number of amides is 2. The summed E-state index contributed by atoms with van der Waals surface area (Å²) in [5, 5.41) is 5.35. The molecule has 0 heterocycles. The molecule has 0 unspecified atom stereocenters. The Balaban J connectivity index is 2.14. The molecule has 0 aliphatic rings. The maximum Gasteiger partial charge on any atom is 0.255 e. The topological polar surface area (TPSA) is 76.7 Å². The minimum atomic E-state index is -0.267. The second-order valence-corrected chi connectivity index (χ2v) is 5.14. The second kappa shape index (κ2) is 8.73. The van der Waals surface area contributed by atoms with Crippen LogP contribution in [-0.4, -0.2) is 32.1 Å². The van der Waals surface area contributed by atoms with E-state index in [1.165, 1.54) is 0 Å². The molecule has 6 nitrogen and oxygen atoms in total. The number of anilines is 1. The summed E-state index contributed by atoms with van der Waals surface area (Å²) in [7, 11) is 1.57. The van der Waals surface area contributed by atoms with Crippen LogP contribution in [0.5, 0.6) is 11.5 Å². The summed E-state index contributed by atoms with van der Waals surface area (Å²) < 4.78 is 11.0. The third-order valence-corrected chi connectivity index (χ3v) is 3.44. The average Bonchev–Trinajstić information content (AvgIpc) is 2.63. The molecule has 0 aliphatic heterocycles. The first-order chi connectivity index (χ1) is 12.1. The highest BCUT2D eigenvalue weighted by atomic mass is 16.5. The second-order valence-electron chi connectivity index (χ2n) is 5.14. The van der Waals surface area contributed by atoms with E-state index in [4.69, 9.17) is 9.47 Å². The molecule has 0 fully saturated rings. The molecule has 0 saturated carbocycles. The Bertz CT molecular complexity index is 742. The van der Waals surface area contributed by atoms with E-state index >= 15 is 0 Å². The van der Waals surface area contributed by atoms with Gasteiger partial charge in [0, 0.05) is 23.9 Å². The van der Waals surface area contributed by atoms with Gasteiger partial charge in [-0.25, -0.2) is 0 Å². The number of nitrogens with one attached hydrogen (secondary N) is 2. The van der Waals surface area contributed by atoms with Crippen LogP contribution in [0, 0.1) is 0 Å². The van der Waals surface area contributed by atoms with Crippen LogP contribution in [0.2, 0.25) is 0 Å². The smallest absolute Gasteiger partial charge is 0.255 e. The summed E-state index contributed by atoms with van der Waals surface area (Å²) in [6.45, 7) is 4.75. The number of rotatable bonds is 7. The van der Waals surface area contributed by atoms with Crippen molar-refractivity contribution in [2.75, 3.05) is 25.6 Å². The van der Waals surface area contributed by atoms with Gasteiger partial charge in [-0.2, -0.15) is 0 Å². The highest BCUT2D eigenvalue weighted by Gasteiger charge is 2.12. The zero-order valence-corrected chi connectivity index (χ0v) is 14.6. The van der Waals surface area contributed by atoms with Crippen LogP contribution in [0.15, 0.2) is 42.5 Å². The zero-order valence-electron chi connectivity index (χ0n) is 14.6. The van der Waals surface area contributed by atoms with Crippen molar-refractivity contribution in [3.05, 3.63) is 53.6 Å². The summed E-state index contributed by atoms with van der Waals surface area (Å²) in [5.41, 5.74) is 1.59. The molecule has 0 aliphatic carbocycles. The number of hydrogen-bond donors (Lipinski definition) is 2. The van der Waals surface area contributed by atoms with E-state index in [1.807, 2.05) is 13.8 Å². The number of benzene rings is 2. The van der Waals surface area contributed by atoms with Gasteiger partial charge in [-0.1, -0.05) is 0 Å². The van der Waals surface area contributed by atoms with Crippen LogP contribution < -0.4 is 20.1 Å². The van der Waals surface area contributed by atoms with Gasteiger partial charge in [0.25, 0.3) is 11.8 Å². The summed E-state index contributed by atoms with van der Waals surface area (Å²) in [4.78, 5) is 24.0. The first-order valence-electron chi connectivity index (χ1n) is 8.12. The van der Waals surface area contributed by atoms with Gasteiger partial charge in [0.05, 0.1) is 13.2 Å². The molecule has 0 radical (unpaired) electrons. The summed E-state index contributed by atoms with van der Waals surface area (Å²) in [6.07, 6.45) is 0. The number of carbonyl (C=O) groups excluding carboxylic acids is 2. The lowest BCUT2D eigenvalue weighted by molar-refractivity contribution is 0.0962. The Morgan fingerprint density at radius 2 is 1.44 bits per heavy atom. The normalized spacial score (nSPS) is 10.0. The van der Waals surface area contributed by atoms with E-state index in [-0.39, 0.29) is 11.8 Å². The molecule has 2 N–H and O–H groups in total. The average molecular weight is 342 g/mol. The monoisotopic (exact) mass is 342 g/mol. The lowest BCUT2D eigenvalue weighted by atomic mass is 10.1. The molecule has 0 atom stereocenters. The predicted molar refractivity (Wildman–Crippen MR) is 96.6 cm³/mol. The standard InChI is InChI=1S/C19H22N2O4/c1-4-24-16-11-8-14(12-17(16)25-5-2)19(23)21-15-9-6-13(7-10-15)18(22)20-3/h6-12H,4-5H2,1-3H3,(H,20,22)(H,21,23). The van der Waals surface area contributed by atoms with Crippen LogP contribution in [0.1, 0.15) is 34.6 Å². The fourth-order valence-electron chi connectivity index (χ4n) is 2.24. The zero-order chi connectivity index (χ0) is 18.2.